The van der Waals surface area contributed by atoms with E-state index in [-0.39, 0.29) is 0 Å². The van der Waals surface area contributed by atoms with Crippen molar-refractivity contribution in [1.29, 1.82) is 0 Å². The van der Waals surface area contributed by atoms with Crippen LogP contribution in [0.5, 0.6) is 0 Å². The van der Waals surface area contributed by atoms with Gasteiger partial charge in [-0.2, -0.15) is 18.3 Å². The summed E-state index contributed by atoms with van der Waals surface area (Å²) in [6.07, 6.45) is -3.74. The Balaban J connectivity index is 2.60. The fourth-order valence-corrected chi connectivity index (χ4v) is 2.14. The maximum absolute atomic E-state index is 12.7. The maximum atomic E-state index is 12.7. The SMILES string of the molecule is CCc1c(N)nn(C)c1-c1cccc(C(F)(F)F)c1. The molecule has 2 aromatic rings. The summed E-state index contributed by atoms with van der Waals surface area (Å²) in [5.74, 6) is 0.359. The molecule has 0 spiro atoms. The second kappa shape index (κ2) is 4.60. The Morgan fingerprint density at radius 3 is 2.58 bits per heavy atom. The standard InChI is InChI=1S/C13H14F3N3/c1-3-10-11(19(2)18-12(10)17)8-5-4-6-9(7-8)13(14,15)16/h4-7H,3H2,1-2H3,(H2,17,18). The van der Waals surface area contributed by atoms with Gasteiger partial charge < -0.3 is 5.73 Å². The maximum Gasteiger partial charge on any atom is 0.416 e. The Bertz CT molecular complexity index is 600. The second-order valence-corrected chi connectivity index (χ2v) is 4.27. The van der Waals surface area contributed by atoms with Crippen molar-refractivity contribution in [2.75, 3.05) is 5.73 Å². The van der Waals surface area contributed by atoms with Crippen molar-refractivity contribution in [3.05, 3.63) is 35.4 Å². The minimum atomic E-state index is -4.35. The summed E-state index contributed by atoms with van der Waals surface area (Å²) >= 11 is 0. The van der Waals surface area contributed by atoms with E-state index in [1.54, 1.807) is 13.1 Å². The first kappa shape index (κ1) is 13.5. The molecule has 0 aliphatic carbocycles. The van der Waals surface area contributed by atoms with Crippen molar-refractivity contribution in [2.45, 2.75) is 19.5 Å². The van der Waals surface area contributed by atoms with E-state index in [1.807, 2.05) is 6.92 Å². The van der Waals surface area contributed by atoms with Crippen molar-refractivity contribution in [3.8, 4) is 11.3 Å². The van der Waals surface area contributed by atoms with Crippen LogP contribution in [0.4, 0.5) is 19.0 Å². The molecule has 2 N–H and O–H groups in total. The molecule has 102 valence electrons. The third-order valence-corrected chi connectivity index (χ3v) is 2.99. The predicted octanol–water partition coefficient (Wildman–Crippen LogP) is 3.25. The van der Waals surface area contributed by atoms with Crippen LogP contribution in [0.1, 0.15) is 18.1 Å². The van der Waals surface area contributed by atoms with E-state index in [1.165, 1.54) is 10.7 Å². The molecule has 0 fully saturated rings. The van der Waals surface area contributed by atoms with E-state index >= 15 is 0 Å². The van der Waals surface area contributed by atoms with Gasteiger partial charge in [0.1, 0.15) is 5.82 Å². The van der Waals surface area contributed by atoms with E-state index in [2.05, 4.69) is 5.10 Å². The highest BCUT2D eigenvalue weighted by atomic mass is 19.4. The fourth-order valence-electron chi connectivity index (χ4n) is 2.14. The second-order valence-electron chi connectivity index (χ2n) is 4.27. The fraction of sp³-hybridized carbons (Fsp3) is 0.308. The molecule has 0 saturated carbocycles. The number of anilines is 1. The zero-order chi connectivity index (χ0) is 14.2. The van der Waals surface area contributed by atoms with E-state index < -0.39 is 11.7 Å². The molecular formula is C13H14F3N3. The van der Waals surface area contributed by atoms with E-state index in [4.69, 9.17) is 5.73 Å². The van der Waals surface area contributed by atoms with E-state index in [0.29, 0.717) is 23.5 Å². The summed E-state index contributed by atoms with van der Waals surface area (Å²) < 4.78 is 39.7. The van der Waals surface area contributed by atoms with Gasteiger partial charge in [-0.25, -0.2) is 0 Å². The number of rotatable bonds is 2. The molecule has 3 nitrogen and oxygen atoms in total. The number of hydrogen-bond donors (Lipinski definition) is 1. The number of aromatic nitrogens is 2. The summed E-state index contributed by atoms with van der Waals surface area (Å²) in [4.78, 5) is 0. The molecule has 0 amide bonds. The van der Waals surface area contributed by atoms with Crippen LogP contribution in [0.25, 0.3) is 11.3 Å². The lowest BCUT2D eigenvalue weighted by atomic mass is 10.0. The van der Waals surface area contributed by atoms with Crippen molar-refractivity contribution < 1.29 is 13.2 Å². The summed E-state index contributed by atoms with van der Waals surface area (Å²) in [6, 6.07) is 5.19. The zero-order valence-electron chi connectivity index (χ0n) is 10.6. The van der Waals surface area contributed by atoms with Crippen LogP contribution in [-0.4, -0.2) is 9.78 Å². The molecule has 1 aromatic carbocycles. The summed E-state index contributed by atoms with van der Waals surface area (Å²) in [5, 5.41) is 4.06. The third-order valence-electron chi connectivity index (χ3n) is 2.99. The molecule has 0 unspecified atom stereocenters. The molecule has 0 radical (unpaired) electrons. The van der Waals surface area contributed by atoms with Gasteiger partial charge in [0.2, 0.25) is 0 Å². The van der Waals surface area contributed by atoms with E-state index in [9.17, 15) is 13.2 Å². The molecule has 0 aliphatic rings. The highest BCUT2D eigenvalue weighted by Gasteiger charge is 2.30. The van der Waals surface area contributed by atoms with Gasteiger partial charge in [0.15, 0.2) is 0 Å². The van der Waals surface area contributed by atoms with Gasteiger partial charge in [-0.3, -0.25) is 4.68 Å². The Labute approximate surface area is 108 Å². The molecule has 0 atom stereocenters. The minimum absolute atomic E-state index is 0.359. The molecule has 0 bridgehead atoms. The van der Waals surface area contributed by atoms with Crippen molar-refractivity contribution in [3.63, 3.8) is 0 Å². The lowest BCUT2D eigenvalue weighted by Gasteiger charge is -2.10. The predicted molar refractivity (Wildman–Crippen MR) is 67.4 cm³/mol. The molecule has 2 rings (SSSR count). The lowest BCUT2D eigenvalue weighted by Crippen LogP contribution is -2.05. The van der Waals surface area contributed by atoms with Crippen molar-refractivity contribution >= 4 is 5.82 Å². The topological polar surface area (TPSA) is 43.8 Å². The Morgan fingerprint density at radius 2 is 2.00 bits per heavy atom. The first-order valence-electron chi connectivity index (χ1n) is 5.83. The van der Waals surface area contributed by atoms with E-state index in [0.717, 1.165) is 17.7 Å². The largest absolute Gasteiger partial charge is 0.416 e. The Hall–Kier alpha value is -1.98. The van der Waals surface area contributed by atoms with Gasteiger partial charge in [-0.05, 0) is 18.6 Å². The molecule has 0 aliphatic heterocycles. The van der Waals surface area contributed by atoms with Gasteiger partial charge in [0.05, 0.1) is 11.3 Å². The van der Waals surface area contributed by atoms with Crippen molar-refractivity contribution in [2.24, 2.45) is 7.05 Å². The highest BCUT2D eigenvalue weighted by molar-refractivity contribution is 5.69. The molecule has 1 heterocycles. The molecule has 0 saturated heterocycles. The number of nitrogen functional groups attached to an aromatic ring is 1. The molecule has 6 heteroatoms. The smallest absolute Gasteiger partial charge is 0.382 e. The monoisotopic (exact) mass is 269 g/mol. The lowest BCUT2D eigenvalue weighted by molar-refractivity contribution is -0.137. The molecule has 19 heavy (non-hydrogen) atoms. The number of aryl methyl sites for hydroxylation is 1. The van der Waals surface area contributed by atoms with Gasteiger partial charge in [-0.1, -0.05) is 19.1 Å². The Kier molecular flexibility index (Phi) is 3.26. The van der Waals surface area contributed by atoms with Gasteiger partial charge >= 0.3 is 6.18 Å². The summed E-state index contributed by atoms with van der Waals surface area (Å²) in [7, 11) is 1.67. The van der Waals surface area contributed by atoms with Gasteiger partial charge in [-0.15, -0.1) is 0 Å². The normalized spacial score (nSPS) is 11.8. The zero-order valence-corrected chi connectivity index (χ0v) is 10.6. The number of benzene rings is 1. The van der Waals surface area contributed by atoms with Crippen LogP contribution < -0.4 is 5.73 Å². The van der Waals surface area contributed by atoms with Crippen molar-refractivity contribution in [1.82, 2.24) is 9.78 Å². The number of halogens is 3. The van der Waals surface area contributed by atoms with Crippen LogP contribution in [0.15, 0.2) is 24.3 Å². The number of nitrogens with zero attached hydrogens (tertiary/aromatic N) is 2. The first-order chi connectivity index (χ1) is 8.84. The Morgan fingerprint density at radius 1 is 1.32 bits per heavy atom. The van der Waals surface area contributed by atoms with Crippen LogP contribution >= 0.6 is 0 Å². The number of hydrogen-bond acceptors (Lipinski definition) is 2. The average molecular weight is 269 g/mol. The minimum Gasteiger partial charge on any atom is -0.382 e. The summed E-state index contributed by atoms with van der Waals surface area (Å²) in [5.41, 5.74) is 6.95. The molecular weight excluding hydrogens is 255 g/mol. The number of nitrogens with two attached hydrogens (primary N) is 1. The van der Waals surface area contributed by atoms with Crippen LogP contribution in [0.2, 0.25) is 0 Å². The first-order valence-corrected chi connectivity index (χ1v) is 5.83. The van der Waals surface area contributed by atoms with Gasteiger partial charge in [0.25, 0.3) is 0 Å². The average Bonchev–Trinajstić information content (AvgIpc) is 2.62. The quantitative estimate of drug-likeness (QED) is 0.909. The summed E-state index contributed by atoms with van der Waals surface area (Å²) in [6.45, 7) is 1.89. The van der Waals surface area contributed by atoms with Crippen LogP contribution in [-0.2, 0) is 19.6 Å². The van der Waals surface area contributed by atoms with Crippen LogP contribution in [0, 0.1) is 0 Å². The third kappa shape index (κ3) is 2.43. The van der Waals surface area contributed by atoms with Crippen LogP contribution in [0.3, 0.4) is 0 Å². The highest BCUT2D eigenvalue weighted by Crippen LogP contribution is 2.34. The number of alkyl halides is 3. The van der Waals surface area contributed by atoms with Gasteiger partial charge in [0, 0.05) is 18.2 Å². The molecule has 1 aromatic heterocycles.